The molecule has 2 amide bonds. The molecule has 6 heteroatoms. The van der Waals surface area contributed by atoms with Gasteiger partial charge in [0.05, 0.1) is 12.5 Å². The Kier molecular flexibility index (Phi) is 6.69. The molecule has 0 heterocycles. The van der Waals surface area contributed by atoms with Crippen molar-refractivity contribution < 1.29 is 14.3 Å². The van der Waals surface area contributed by atoms with E-state index in [0.717, 1.165) is 5.56 Å². The molecule has 1 aromatic carbocycles. The zero-order chi connectivity index (χ0) is 15.0. The van der Waals surface area contributed by atoms with Crippen LogP contribution in [0.25, 0.3) is 0 Å². The van der Waals surface area contributed by atoms with E-state index < -0.39 is 0 Å². The first-order valence-corrected chi connectivity index (χ1v) is 6.41. The monoisotopic (exact) mass is 279 g/mol. The minimum Gasteiger partial charge on any atom is -0.380 e. The number of nitrogens with two attached hydrogens (primary N) is 1. The predicted octanol–water partition coefficient (Wildman–Crippen LogP) is 0.625. The predicted molar refractivity (Wildman–Crippen MR) is 77.1 cm³/mol. The average molecular weight is 279 g/mol. The number of carbonyl (C=O) groups excluding carboxylic acids is 2. The number of amides is 2. The molecule has 0 bridgehead atoms. The third kappa shape index (κ3) is 5.81. The molecule has 0 saturated heterocycles. The Hall–Kier alpha value is -1.92. The van der Waals surface area contributed by atoms with Crippen molar-refractivity contribution in [3.05, 3.63) is 29.8 Å². The van der Waals surface area contributed by atoms with Crippen LogP contribution in [0.3, 0.4) is 0 Å². The number of rotatable bonds is 7. The van der Waals surface area contributed by atoms with Crippen molar-refractivity contribution in [3.8, 4) is 0 Å². The summed E-state index contributed by atoms with van der Waals surface area (Å²) in [5.41, 5.74) is 7.08. The average Bonchev–Trinajstić information content (AvgIpc) is 2.42. The Bertz CT molecular complexity index is 459. The lowest BCUT2D eigenvalue weighted by atomic mass is 10.2. The van der Waals surface area contributed by atoms with Gasteiger partial charge in [0, 0.05) is 32.8 Å². The molecule has 110 valence electrons. The Labute approximate surface area is 118 Å². The number of ether oxygens (including phenoxy) is 1. The first kappa shape index (κ1) is 16.1. The molecule has 0 spiro atoms. The molecule has 0 fully saturated rings. The zero-order valence-corrected chi connectivity index (χ0v) is 11.8. The number of carbonyl (C=O) groups is 2. The first-order valence-electron chi connectivity index (χ1n) is 6.41. The van der Waals surface area contributed by atoms with Gasteiger partial charge in [0.25, 0.3) is 0 Å². The van der Waals surface area contributed by atoms with Gasteiger partial charge in [0.2, 0.25) is 11.8 Å². The summed E-state index contributed by atoms with van der Waals surface area (Å²) in [5, 5.41) is 5.49. The summed E-state index contributed by atoms with van der Waals surface area (Å²) in [6.45, 7) is 2.15. The smallest absolute Gasteiger partial charge is 0.222 e. The SMILES string of the molecule is COC(CN)CC(=O)NCc1cccc(NC(C)=O)c1. The highest BCUT2D eigenvalue weighted by Gasteiger charge is 2.10. The number of hydrogen-bond donors (Lipinski definition) is 3. The van der Waals surface area contributed by atoms with Crippen molar-refractivity contribution in [2.24, 2.45) is 5.73 Å². The van der Waals surface area contributed by atoms with Crippen LogP contribution >= 0.6 is 0 Å². The maximum Gasteiger partial charge on any atom is 0.222 e. The van der Waals surface area contributed by atoms with Gasteiger partial charge in [-0.3, -0.25) is 9.59 Å². The largest absolute Gasteiger partial charge is 0.380 e. The van der Waals surface area contributed by atoms with Gasteiger partial charge in [-0.15, -0.1) is 0 Å². The van der Waals surface area contributed by atoms with Gasteiger partial charge in [-0.1, -0.05) is 12.1 Å². The molecule has 1 rings (SSSR count). The fraction of sp³-hybridized carbons (Fsp3) is 0.429. The van der Waals surface area contributed by atoms with E-state index in [1.165, 1.54) is 14.0 Å². The van der Waals surface area contributed by atoms with Crippen LogP contribution in [-0.4, -0.2) is 31.6 Å². The number of benzene rings is 1. The third-order valence-corrected chi connectivity index (χ3v) is 2.75. The number of methoxy groups -OCH3 is 1. The Morgan fingerprint density at radius 2 is 2.15 bits per heavy atom. The van der Waals surface area contributed by atoms with E-state index in [2.05, 4.69) is 10.6 Å². The molecule has 0 aromatic heterocycles. The molecule has 0 saturated carbocycles. The summed E-state index contributed by atoms with van der Waals surface area (Å²) < 4.78 is 5.05. The summed E-state index contributed by atoms with van der Waals surface area (Å²) in [6, 6.07) is 7.31. The van der Waals surface area contributed by atoms with Crippen LogP contribution in [0.15, 0.2) is 24.3 Å². The van der Waals surface area contributed by atoms with Crippen molar-refractivity contribution in [2.75, 3.05) is 19.0 Å². The highest BCUT2D eigenvalue weighted by Crippen LogP contribution is 2.10. The summed E-state index contributed by atoms with van der Waals surface area (Å²) >= 11 is 0. The van der Waals surface area contributed by atoms with Gasteiger partial charge >= 0.3 is 0 Å². The topological polar surface area (TPSA) is 93.4 Å². The molecule has 4 N–H and O–H groups in total. The number of nitrogens with one attached hydrogen (secondary N) is 2. The van der Waals surface area contributed by atoms with Crippen molar-refractivity contribution in [3.63, 3.8) is 0 Å². The van der Waals surface area contributed by atoms with E-state index in [4.69, 9.17) is 10.5 Å². The molecular formula is C14H21N3O3. The van der Waals surface area contributed by atoms with Gasteiger partial charge in [0.15, 0.2) is 0 Å². The van der Waals surface area contributed by atoms with Gasteiger partial charge in [-0.2, -0.15) is 0 Å². The Balaban J connectivity index is 2.48. The van der Waals surface area contributed by atoms with Gasteiger partial charge in [-0.05, 0) is 17.7 Å². The van der Waals surface area contributed by atoms with Crippen LogP contribution in [0.5, 0.6) is 0 Å². The first-order chi connectivity index (χ1) is 9.55. The van der Waals surface area contributed by atoms with Gasteiger partial charge in [-0.25, -0.2) is 0 Å². The quantitative estimate of drug-likeness (QED) is 0.682. The lowest BCUT2D eigenvalue weighted by molar-refractivity contribution is -0.123. The van der Waals surface area contributed by atoms with E-state index in [1.54, 1.807) is 6.07 Å². The fourth-order valence-corrected chi connectivity index (χ4v) is 1.70. The fourth-order valence-electron chi connectivity index (χ4n) is 1.70. The summed E-state index contributed by atoms with van der Waals surface area (Å²) in [5.74, 6) is -0.246. The summed E-state index contributed by atoms with van der Waals surface area (Å²) in [6.07, 6.45) is -0.0287. The Morgan fingerprint density at radius 1 is 1.40 bits per heavy atom. The Morgan fingerprint density at radius 3 is 2.75 bits per heavy atom. The van der Waals surface area contributed by atoms with E-state index in [9.17, 15) is 9.59 Å². The second kappa shape index (κ2) is 8.29. The lowest BCUT2D eigenvalue weighted by Crippen LogP contribution is -2.31. The highest BCUT2D eigenvalue weighted by molar-refractivity contribution is 5.88. The lowest BCUT2D eigenvalue weighted by Gasteiger charge is -2.13. The molecule has 1 aromatic rings. The standard InChI is InChI=1S/C14H21N3O3/c1-10(18)17-12-5-3-4-11(6-12)9-16-14(19)7-13(8-15)20-2/h3-6,13H,7-9,15H2,1-2H3,(H,16,19)(H,17,18). The molecular weight excluding hydrogens is 258 g/mol. The highest BCUT2D eigenvalue weighted by atomic mass is 16.5. The van der Waals surface area contributed by atoms with Gasteiger partial charge in [0.1, 0.15) is 0 Å². The van der Waals surface area contributed by atoms with E-state index >= 15 is 0 Å². The van der Waals surface area contributed by atoms with Crippen LogP contribution < -0.4 is 16.4 Å². The summed E-state index contributed by atoms with van der Waals surface area (Å²) in [4.78, 5) is 22.7. The molecule has 0 aliphatic rings. The molecule has 1 atom stereocenters. The molecule has 20 heavy (non-hydrogen) atoms. The third-order valence-electron chi connectivity index (χ3n) is 2.75. The number of anilines is 1. The van der Waals surface area contributed by atoms with Crippen LogP contribution in [0.1, 0.15) is 18.9 Å². The maximum absolute atomic E-state index is 11.7. The minimum atomic E-state index is -0.263. The van der Waals surface area contributed by atoms with Crippen LogP contribution in [-0.2, 0) is 20.9 Å². The molecule has 0 aliphatic carbocycles. The molecule has 0 radical (unpaired) electrons. The van der Waals surface area contributed by atoms with E-state index in [-0.39, 0.29) is 24.3 Å². The van der Waals surface area contributed by atoms with Crippen molar-refractivity contribution in [2.45, 2.75) is 26.0 Å². The number of hydrogen-bond acceptors (Lipinski definition) is 4. The maximum atomic E-state index is 11.7. The summed E-state index contributed by atoms with van der Waals surface area (Å²) in [7, 11) is 1.53. The van der Waals surface area contributed by atoms with Crippen LogP contribution in [0.2, 0.25) is 0 Å². The van der Waals surface area contributed by atoms with Crippen LogP contribution in [0, 0.1) is 0 Å². The van der Waals surface area contributed by atoms with Gasteiger partial charge < -0.3 is 21.1 Å². The van der Waals surface area contributed by atoms with Crippen molar-refractivity contribution in [1.82, 2.24) is 5.32 Å². The second-order valence-electron chi connectivity index (χ2n) is 4.46. The normalized spacial score (nSPS) is 11.8. The van der Waals surface area contributed by atoms with Crippen molar-refractivity contribution >= 4 is 17.5 Å². The van der Waals surface area contributed by atoms with E-state index in [0.29, 0.717) is 18.8 Å². The van der Waals surface area contributed by atoms with Crippen LogP contribution in [0.4, 0.5) is 5.69 Å². The molecule has 1 unspecified atom stereocenters. The minimum absolute atomic E-state index is 0.118. The van der Waals surface area contributed by atoms with E-state index in [1.807, 2.05) is 18.2 Å². The second-order valence-corrected chi connectivity index (χ2v) is 4.46. The zero-order valence-electron chi connectivity index (χ0n) is 11.8. The van der Waals surface area contributed by atoms with Crippen molar-refractivity contribution in [1.29, 1.82) is 0 Å². The molecule has 0 aliphatic heterocycles. The molecule has 6 nitrogen and oxygen atoms in total.